The summed E-state index contributed by atoms with van der Waals surface area (Å²) >= 11 is 0. The highest BCUT2D eigenvalue weighted by Gasteiger charge is 2.23. The van der Waals surface area contributed by atoms with E-state index in [9.17, 15) is 9.18 Å². The van der Waals surface area contributed by atoms with Crippen LogP contribution >= 0.6 is 0 Å². The van der Waals surface area contributed by atoms with Crippen molar-refractivity contribution in [3.8, 4) is 0 Å². The molecule has 0 saturated carbocycles. The van der Waals surface area contributed by atoms with E-state index < -0.39 is 17.8 Å². The number of nitrogens with two attached hydrogens (primary N) is 1. The predicted molar refractivity (Wildman–Crippen MR) is 58.0 cm³/mol. The number of tetrazole rings is 1. The van der Waals surface area contributed by atoms with Crippen LogP contribution in [0, 0.1) is 5.82 Å². The second kappa shape index (κ2) is 5.21. The Kier molecular flexibility index (Phi) is 3.46. The van der Waals surface area contributed by atoms with Crippen molar-refractivity contribution in [2.75, 3.05) is 6.61 Å². The Morgan fingerprint density at radius 1 is 1.50 bits per heavy atom. The van der Waals surface area contributed by atoms with E-state index in [1.807, 2.05) is 0 Å². The van der Waals surface area contributed by atoms with Crippen molar-refractivity contribution < 1.29 is 13.9 Å². The van der Waals surface area contributed by atoms with Gasteiger partial charge in [-0.15, -0.1) is 10.2 Å². The number of primary amides is 1. The molecule has 0 aliphatic heterocycles. The van der Waals surface area contributed by atoms with Crippen LogP contribution in [0.5, 0.6) is 0 Å². The fraction of sp³-hybridized carbons (Fsp3) is 0.200. The standard InChI is InChI=1S/C10H10FN5O2/c11-8-4-2-1-3-6(8)7(5-18-10(12)17)9-13-15-16-14-9/h1-4,7H,5H2,(H2,12,17)(H,13,14,15,16). The van der Waals surface area contributed by atoms with E-state index in [0.29, 0.717) is 5.56 Å². The Bertz CT molecular complexity index is 531. The van der Waals surface area contributed by atoms with E-state index in [4.69, 9.17) is 5.73 Å². The van der Waals surface area contributed by atoms with E-state index in [0.717, 1.165) is 0 Å². The monoisotopic (exact) mass is 251 g/mol. The molecule has 0 spiro atoms. The third kappa shape index (κ3) is 2.59. The molecule has 0 bridgehead atoms. The molecule has 1 atom stereocenters. The van der Waals surface area contributed by atoms with E-state index in [1.165, 1.54) is 6.07 Å². The molecule has 1 aromatic carbocycles. The third-order valence-electron chi connectivity index (χ3n) is 2.35. The number of nitrogens with one attached hydrogen (secondary N) is 1. The normalized spacial score (nSPS) is 12.1. The van der Waals surface area contributed by atoms with Gasteiger partial charge < -0.3 is 10.5 Å². The van der Waals surface area contributed by atoms with Crippen LogP contribution in [0.1, 0.15) is 17.3 Å². The molecule has 0 aliphatic carbocycles. The minimum Gasteiger partial charge on any atom is -0.449 e. The third-order valence-corrected chi connectivity index (χ3v) is 2.35. The molecule has 94 valence electrons. The second-order valence-electron chi connectivity index (χ2n) is 3.47. The molecular weight excluding hydrogens is 241 g/mol. The van der Waals surface area contributed by atoms with Crippen molar-refractivity contribution in [3.63, 3.8) is 0 Å². The number of hydrogen-bond donors (Lipinski definition) is 2. The van der Waals surface area contributed by atoms with Gasteiger partial charge >= 0.3 is 6.09 Å². The van der Waals surface area contributed by atoms with Gasteiger partial charge in [0.25, 0.3) is 0 Å². The number of benzene rings is 1. The number of rotatable bonds is 4. The van der Waals surface area contributed by atoms with Gasteiger partial charge in [0, 0.05) is 5.56 Å². The molecule has 1 unspecified atom stereocenters. The second-order valence-corrected chi connectivity index (χ2v) is 3.47. The number of carbonyl (C=O) groups excluding carboxylic acids is 1. The zero-order valence-corrected chi connectivity index (χ0v) is 9.21. The van der Waals surface area contributed by atoms with E-state index in [2.05, 4.69) is 25.4 Å². The van der Waals surface area contributed by atoms with Crippen LogP contribution < -0.4 is 5.73 Å². The predicted octanol–water partition coefficient (Wildman–Crippen LogP) is 0.566. The number of aromatic nitrogens is 4. The van der Waals surface area contributed by atoms with Crippen LogP contribution in [-0.2, 0) is 4.74 Å². The minimum absolute atomic E-state index is 0.157. The highest BCUT2D eigenvalue weighted by molar-refractivity contribution is 5.64. The van der Waals surface area contributed by atoms with Crippen LogP contribution in [0.2, 0.25) is 0 Å². The summed E-state index contributed by atoms with van der Waals surface area (Å²) in [6.45, 7) is -0.157. The van der Waals surface area contributed by atoms with Gasteiger partial charge in [-0.05, 0) is 6.07 Å². The maximum Gasteiger partial charge on any atom is 0.404 e. The quantitative estimate of drug-likeness (QED) is 0.825. The van der Waals surface area contributed by atoms with E-state index >= 15 is 0 Å². The number of amides is 1. The summed E-state index contributed by atoms with van der Waals surface area (Å²) in [7, 11) is 0. The van der Waals surface area contributed by atoms with Crippen LogP contribution in [0.3, 0.4) is 0 Å². The molecule has 1 amide bonds. The van der Waals surface area contributed by atoms with Gasteiger partial charge in [-0.3, -0.25) is 0 Å². The Hall–Kier alpha value is -2.51. The molecule has 1 heterocycles. The summed E-state index contributed by atoms with van der Waals surface area (Å²) in [5.41, 5.74) is 5.20. The van der Waals surface area contributed by atoms with Gasteiger partial charge in [0.15, 0.2) is 5.82 Å². The van der Waals surface area contributed by atoms with E-state index in [-0.39, 0.29) is 12.4 Å². The summed E-state index contributed by atoms with van der Waals surface area (Å²) in [5, 5.41) is 13.2. The van der Waals surface area contributed by atoms with Gasteiger partial charge in [0.2, 0.25) is 0 Å². The maximum atomic E-state index is 13.7. The Morgan fingerprint density at radius 3 is 2.89 bits per heavy atom. The number of carbonyl (C=O) groups is 1. The molecule has 0 saturated heterocycles. The van der Waals surface area contributed by atoms with Crippen molar-refractivity contribution >= 4 is 6.09 Å². The Balaban J connectivity index is 2.30. The van der Waals surface area contributed by atoms with Crippen molar-refractivity contribution in [2.24, 2.45) is 5.73 Å². The topological polar surface area (TPSA) is 107 Å². The lowest BCUT2D eigenvalue weighted by atomic mass is 9.99. The van der Waals surface area contributed by atoms with Crippen molar-refractivity contribution in [1.29, 1.82) is 0 Å². The number of ether oxygens (including phenoxy) is 1. The molecule has 8 heteroatoms. The summed E-state index contributed by atoms with van der Waals surface area (Å²) in [6, 6.07) is 6.07. The molecule has 0 radical (unpaired) electrons. The molecule has 18 heavy (non-hydrogen) atoms. The lowest BCUT2D eigenvalue weighted by Gasteiger charge is -2.13. The van der Waals surface area contributed by atoms with E-state index in [1.54, 1.807) is 18.2 Å². The number of nitrogens with zero attached hydrogens (tertiary/aromatic N) is 3. The first kappa shape index (κ1) is 12.0. The molecule has 0 fully saturated rings. The van der Waals surface area contributed by atoms with Gasteiger partial charge in [-0.25, -0.2) is 9.18 Å². The molecule has 3 N–H and O–H groups in total. The largest absolute Gasteiger partial charge is 0.449 e. The van der Waals surface area contributed by atoms with Crippen molar-refractivity contribution in [2.45, 2.75) is 5.92 Å². The summed E-state index contributed by atoms with van der Waals surface area (Å²) in [6.07, 6.45) is -0.945. The van der Waals surface area contributed by atoms with Gasteiger partial charge in [-0.1, -0.05) is 23.4 Å². The van der Waals surface area contributed by atoms with Crippen LogP contribution in [0.15, 0.2) is 24.3 Å². The van der Waals surface area contributed by atoms with Crippen molar-refractivity contribution in [3.05, 3.63) is 41.5 Å². The maximum absolute atomic E-state index is 13.7. The SMILES string of the molecule is NC(=O)OCC(c1nn[nH]n1)c1ccccc1F. The average Bonchev–Trinajstić information content (AvgIpc) is 2.85. The van der Waals surface area contributed by atoms with Crippen LogP contribution in [-0.4, -0.2) is 33.3 Å². The molecule has 1 aromatic heterocycles. The summed E-state index contributed by atoms with van der Waals surface area (Å²) in [5.74, 6) is -0.876. The smallest absolute Gasteiger partial charge is 0.404 e. The zero-order chi connectivity index (χ0) is 13.0. The zero-order valence-electron chi connectivity index (χ0n) is 9.21. The number of aromatic amines is 1. The molecule has 0 aliphatic rings. The first-order valence-electron chi connectivity index (χ1n) is 5.08. The summed E-state index contributed by atoms with van der Waals surface area (Å²) < 4.78 is 18.4. The van der Waals surface area contributed by atoms with Crippen LogP contribution in [0.4, 0.5) is 9.18 Å². The first-order chi connectivity index (χ1) is 8.68. The molecule has 7 nitrogen and oxygen atoms in total. The number of hydrogen-bond acceptors (Lipinski definition) is 5. The highest BCUT2D eigenvalue weighted by Crippen LogP contribution is 2.23. The molecule has 2 rings (SSSR count). The highest BCUT2D eigenvalue weighted by atomic mass is 19.1. The van der Waals surface area contributed by atoms with Crippen molar-refractivity contribution in [1.82, 2.24) is 20.6 Å². The van der Waals surface area contributed by atoms with Gasteiger partial charge in [0.05, 0.1) is 5.92 Å². The average molecular weight is 251 g/mol. The fourth-order valence-corrected chi connectivity index (χ4v) is 1.54. The number of H-pyrrole nitrogens is 1. The molecule has 2 aromatic rings. The Labute approximate surface area is 101 Å². The van der Waals surface area contributed by atoms with Gasteiger partial charge in [-0.2, -0.15) is 5.21 Å². The fourth-order valence-electron chi connectivity index (χ4n) is 1.54. The lowest BCUT2D eigenvalue weighted by molar-refractivity contribution is 0.151. The number of halogens is 1. The lowest BCUT2D eigenvalue weighted by Crippen LogP contribution is -2.20. The van der Waals surface area contributed by atoms with Gasteiger partial charge in [0.1, 0.15) is 12.4 Å². The Morgan fingerprint density at radius 2 is 2.28 bits per heavy atom. The summed E-state index contributed by atoms with van der Waals surface area (Å²) in [4.78, 5) is 10.6. The minimum atomic E-state index is -0.945. The first-order valence-corrected chi connectivity index (χ1v) is 5.08. The molecular formula is C10H10FN5O2. The van der Waals surface area contributed by atoms with Crippen LogP contribution in [0.25, 0.3) is 0 Å².